The molecule has 60 valence electrons. The van der Waals surface area contributed by atoms with Crippen LogP contribution in [0.3, 0.4) is 0 Å². The van der Waals surface area contributed by atoms with E-state index in [-0.39, 0.29) is 5.88 Å². The molecule has 2 nitrogen and oxygen atoms in total. The fraction of sp³-hybridized carbons (Fsp3) is 0. The molecule has 1 N–H and O–H groups in total. The number of aromatic nitrogens is 1. The van der Waals surface area contributed by atoms with Crippen molar-refractivity contribution in [1.82, 2.24) is 4.98 Å². The lowest BCUT2D eigenvalue weighted by atomic mass is 10.2. The van der Waals surface area contributed by atoms with Gasteiger partial charge in [-0.25, -0.2) is 4.98 Å². The maximum Gasteiger partial charge on any atom is 0.210 e. The zero-order chi connectivity index (χ0) is 8.39. The van der Waals surface area contributed by atoms with Crippen LogP contribution in [0.1, 0.15) is 0 Å². The van der Waals surface area contributed by atoms with Gasteiger partial charge in [-0.1, -0.05) is 6.07 Å². The zero-order valence-electron chi connectivity index (χ0n) is 6.27. The summed E-state index contributed by atoms with van der Waals surface area (Å²) in [6.07, 6.45) is 1.67. The molecular formula is C9H7NOS. The highest BCUT2D eigenvalue weighted by atomic mass is 32.1. The predicted molar refractivity (Wildman–Crippen MR) is 49.2 cm³/mol. The van der Waals surface area contributed by atoms with Crippen LogP contribution in [-0.2, 0) is 0 Å². The summed E-state index contributed by atoms with van der Waals surface area (Å²) in [6.45, 7) is 0. The second-order valence-electron chi connectivity index (χ2n) is 2.38. The van der Waals surface area contributed by atoms with Crippen molar-refractivity contribution in [1.29, 1.82) is 0 Å². The molecule has 0 atom stereocenters. The fourth-order valence-corrected chi connectivity index (χ4v) is 1.69. The fourth-order valence-electron chi connectivity index (χ4n) is 0.975. The van der Waals surface area contributed by atoms with E-state index in [2.05, 4.69) is 4.98 Å². The van der Waals surface area contributed by atoms with Crippen molar-refractivity contribution >= 4 is 11.3 Å². The SMILES string of the molecule is Oc1ccc(-c2cccs2)cn1. The van der Waals surface area contributed by atoms with E-state index in [1.807, 2.05) is 23.6 Å². The first-order valence-electron chi connectivity index (χ1n) is 3.55. The van der Waals surface area contributed by atoms with E-state index in [0.29, 0.717) is 0 Å². The van der Waals surface area contributed by atoms with E-state index in [9.17, 15) is 0 Å². The molecule has 0 aliphatic rings. The summed E-state index contributed by atoms with van der Waals surface area (Å²) in [5, 5.41) is 11.0. The van der Waals surface area contributed by atoms with E-state index in [4.69, 9.17) is 5.11 Å². The van der Waals surface area contributed by atoms with E-state index in [1.54, 1.807) is 23.6 Å². The summed E-state index contributed by atoms with van der Waals surface area (Å²) >= 11 is 1.66. The molecule has 0 aliphatic carbocycles. The highest BCUT2D eigenvalue weighted by Gasteiger charge is 1.97. The van der Waals surface area contributed by atoms with Gasteiger partial charge < -0.3 is 5.11 Å². The largest absolute Gasteiger partial charge is 0.493 e. The van der Waals surface area contributed by atoms with Crippen molar-refractivity contribution in [2.24, 2.45) is 0 Å². The maximum absolute atomic E-state index is 8.95. The zero-order valence-corrected chi connectivity index (χ0v) is 7.08. The number of thiophene rings is 1. The number of pyridine rings is 1. The van der Waals surface area contributed by atoms with Gasteiger partial charge in [0.25, 0.3) is 0 Å². The first-order chi connectivity index (χ1) is 5.86. The van der Waals surface area contributed by atoms with E-state index in [1.165, 1.54) is 4.88 Å². The lowest BCUT2D eigenvalue weighted by molar-refractivity contribution is 0.453. The second kappa shape index (κ2) is 2.95. The maximum atomic E-state index is 8.95. The van der Waals surface area contributed by atoms with Gasteiger partial charge >= 0.3 is 0 Å². The van der Waals surface area contributed by atoms with Gasteiger partial charge in [-0.3, -0.25) is 0 Å². The van der Waals surface area contributed by atoms with Crippen LogP contribution >= 0.6 is 11.3 Å². The lowest BCUT2D eigenvalue weighted by Gasteiger charge is -1.95. The van der Waals surface area contributed by atoms with E-state index in [0.717, 1.165) is 5.56 Å². The van der Waals surface area contributed by atoms with Gasteiger partial charge in [0, 0.05) is 22.7 Å². The molecule has 0 spiro atoms. The molecule has 0 saturated heterocycles. The van der Waals surface area contributed by atoms with Crippen LogP contribution < -0.4 is 0 Å². The molecule has 3 heteroatoms. The Balaban J connectivity index is 2.43. The first-order valence-corrected chi connectivity index (χ1v) is 4.43. The molecule has 0 saturated carbocycles. The van der Waals surface area contributed by atoms with Crippen LogP contribution in [0.5, 0.6) is 5.88 Å². The molecule has 2 aromatic heterocycles. The molecule has 0 aromatic carbocycles. The molecule has 0 radical (unpaired) electrons. The molecule has 0 unspecified atom stereocenters. The number of nitrogens with zero attached hydrogens (tertiary/aromatic N) is 1. The van der Waals surface area contributed by atoms with Gasteiger partial charge in [0.15, 0.2) is 0 Å². The van der Waals surface area contributed by atoms with Gasteiger partial charge in [0.05, 0.1) is 0 Å². The van der Waals surface area contributed by atoms with Crippen LogP contribution in [0.2, 0.25) is 0 Å². The number of rotatable bonds is 1. The molecule has 0 bridgehead atoms. The van der Waals surface area contributed by atoms with Crippen molar-refractivity contribution in [3.05, 3.63) is 35.8 Å². The lowest BCUT2D eigenvalue weighted by Crippen LogP contribution is -1.75. The van der Waals surface area contributed by atoms with Crippen LogP contribution in [-0.4, -0.2) is 10.1 Å². The summed E-state index contributed by atoms with van der Waals surface area (Å²) in [5.41, 5.74) is 1.04. The Labute approximate surface area is 74.1 Å². The van der Waals surface area contributed by atoms with Crippen molar-refractivity contribution in [2.75, 3.05) is 0 Å². The van der Waals surface area contributed by atoms with Gasteiger partial charge in [0.1, 0.15) is 0 Å². The topological polar surface area (TPSA) is 33.1 Å². The summed E-state index contributed by atoms with van der Waals surface area (Å²) in [4.78, 5) is 4.97. The Morgan fingerprint density at radius 3 is 2.75 bits per heavy atom. The van der Waals surface area contributed by atoms with E-state index < -0.39 is 0 Å². The molecule has 12 heavy (non-hydrogen) atoms. The van der Waals surface area contributed by atoms with Crippen molar-refractivity contribution in [2.45, 2.75) is 0 Å². The number of hydrogen-bond acceptors (Lipinski definition) is 3. The number of aromatic hydroxyl groups is 1. The van der Waals surface area contributed by atoms with E-state index >= 15 is 0 Å². The standard InChI is InChI=1S/C9H7NOS/c11-9-4-3-7(6-10-9)8-2-1-5-12-8/h1-6H,(H,10,11). The quantitative estimate of drug-likeness (QED) is 0.726. The van der Waals surface area contributed by atoms with Crippen LogP contribution in [0.15, 0.2) is 35.8 Å². The molecule has 0 amide bonds. The Kier molecular flexibility index (Phi) is 1.80. The summed E-state index contributed by atoms with van der Waals surface area (Å²) in [6, 6.07) is 7.47. The second-order valence-corrected chi connectivity index (χ2v) is 3.33. The minimum absolute atomic E-state index is 0.0651. The van der Waals surface area contributed by atoms with Gasteiger partial charge in [-0.05, 0) is 17.5 Å². The van der Waals surface area contributed by atoms with Gasteiger partial charge in [-0.15, -0.1) is 11.3 Å². The summed E-state index contributed by atoms with van der Waals surface area (Å²) in [5.74, 6) is 0.0651. The van der Waals surface area contributed by atoms with Gasteiger partial charge in [0.2, 0.25) is 5.88 Å². The van der Waals surface area contributed by atoms with Crippen molar-refractivity contribution in [3.63, 3.8) is 0 Å². The highest BCUT2D eigenvalue weighted by Crippen LogP contribution is 2.24. The Morgan fingerprint density at radius 2 is 2.17 bits per heavy atom. The molecular weight excluding hydrogens is 170 g/mol. The van der Waals surface area contributed by atoms with Crippen molar-refractivity contribution < 1.29 is 5.11 Å². The Hall–Kier alpha value is -1.35. The molecule has 0 aliphatic heterocycles. The highest BCUT2D eigenvalue weighted by molar-refractivity contribution is 7.13. The third-order valence-electron chi connectivity index (χ3n) is 1.55. The van der Waals surface area contributed by atoms with Gasteiger partial charge in [-0.2, -0.15) is 0 Å². The molecule has 2 aromatic rings. The van der Waals surface area contributed by atoms with Crippen LogP contribution in [0.4, 0.5) is 0 Å². The Bertz CT molecular complexity index is 353. The first kappa shape index (κ1) is 7.31. The Morgan fingerprint density at radius 1 is 1.25 bits per heavy atom. The van der Waals surface area contributed by atoms with Crippen LogP contribution in [0, 0.1) is 0 Å². The van der Waals surface area contributed by atoms with Crippen LogP contribution in [0.25, 0.3) is 10.4 Å². The third kappa shape index (κ3) is 1.31. The predicted octanol–water partition coefficient (Wildman–Crippen LogP) is 2.52. The normalized spacial score (nSPS) is 10.0. The summed E-state index contributed by atoms with van der Waals surface area (Å²) < 4.78 is 0. The molecule has 2 heterocycles. The third-order valence-corrected chi connectivity index (χ3v) is 2.47. The average Bonchev–Trinajstić information content (AvgIpc) is 2.58. The van der Waals surface area contributed by atoms with Crippen molar-refractivity contribution in [3.8, 4) is 16.3 Å². The smallest absolute Gasteiger partial charge is 0.210 e. The average molecular weight is 177 g/mol. The minimum atomic E-state index is 0.0651. The molecule has 2 rings (SSSR count). The molecule has 0 fully saturated rings. The summed E-state index contributed by atoms with van der Waals surface area (Å²) in [7, 11) is 0. The monoisotopic (exact) mass is 177 g/mol. The minimum Gasteiger partial charge on any atom is -0.493 e. The number of hydrogen-bond donors (Lipinski definition) is 1.